The maximum atomic E-state index is 12.8. The van der Waals surface area contributed by atoms with E-state index in [2.05, 4.69) is 29.8 Å². The van der Waals surface area contributed by atoms with Gasteiger partial charge in [0, 0.05) is 17.4 Å². The summed E-state index contributed by atoms with van der Waals surface area (Å²) in [4.78, 5) is 36.4. The van der Waals surface area contributed by atoms with Gasteiger partial charge >= 0.3 is 0 Å². The molecule has 30 heavy (non-hydrogen) atoms. The van der Waals surface area contributed by atoms with Crippen LogP contribution in [0.2, 0.25) is 0 Å². The molecule has 0 N–H and O–H groups in total. The minimum absolute atomic E-state index is 0.109. The molecule has 8 nitrogen and oxygen atoms in total. The van der Waals surface area contributed by atoms with Gasteiger partial charge < -0.3 is 19.2 Å². The predicted molar refractivity (Wildman–Crippen MR) is 119 cm³/mol. The molecular weight excluding hydrogens is 456 g/mol. The lowest BCUT2D eigenvalue weighted by Gasteiger charge is -2.21. The van der Waals surface area contributed by atoms with Gasteiger partial charge in [0.15, 0.2) is 11.5 Å². The van der Waals surface area contributed by atoms with E-state index in [0.717, 1.165) is 0 Å². The zero-order valence-electron chi connectivity index (χ0n) is 18.1. The van der Waals surface area contributed by atoms with E-state index in [9.17, 15) is 19.7 Å². The number of carbonyl (C=O) groups is 2. The average Bonchev–Trinajstić information content (AvgIpc) is 3.21. The molecule has 1 unspecified atom stereocenters. The number of rotatable bonds is 9. The highest BCUT2D eigenvalue weighted by Gasteiger charge is 2.34. The number of nitro benzene ring substituents is 1. The number of carbonyl (C=O) groups excluding carboxylic acids is 2. The predicted octanol–water partition coefficient (Wildman–Crippen LogP) is 4.77. The van der Waals surface area contributed by atoms with Crippen LogP contribution in [0.5, 0.6) is 11.5 Å². The molecule has 2 rings (SSSR count). The number of aldehydes is 1. The first-order valence-electron chi connectivity index (χ1n) is 10.2. The monoisotopic (exact) mass is 486 g/mol. The molecule has 1 aliphatic heterocycles. The molecule has 0 spiro atoms. The molecule has 168 valence electrons. The van der Waals surface area contributed by atoms with Crippen LogP contribution in [0.25, 0.3) is 0 Å². The van der Waals surface area contributed by atoms with Gasteiger partial charge in [-0.15, -0.1) is 0 Å². The molecule has 1 fully saturated rings. The van der Waals surface area contributed by atoms with Gasteiger partial charge in [0.25, 0.3) is 11.6 Å². The molecule has 0 bridgehead atoms. The number of nitro groups is 1. The maximum Gasteiger partial charge on any atom is 0.286 e. The third kappa shape index (κ3) is 7.27. The number of halogens is 1. The molecule has 0 saturated carbocycles. The highest BCUT2D eigenvalue weighted by atomic mass is 79.9. The fourth-order valence-electron chi connectivity index (χ4n) is 2.82. The lowest BCUT2D eigenvalue weighted by Crippen LogP contribution is -2.36. The molecule has 1 aromatic rings. The highest BCUT2D eigenvalue weighted by Crippen LogP contribution is 2.36. The van der Waals surface area contributed by atoms with Crippen LogP contribution >= 0.6 is 15.9 Å². The van der Waals surface area contributed by atoms with Crippen LogP contribution in [-0.4, -0.2) is 53.1 Å². The van der Waals surface area contributed by atoms with Gasteiger partial charge in [0.05, 0.1) is 30.7 Å². The van der Waals surface area contributed by atoms with E-state index in [-0.39, 0.29) is 27.6 Å². The molecule has 9 heteroatoms. The summed E-state index contributed by atoms with van der Waals surface area (Å²) < 4.78 is 10.8. The quantitative estimate of drug-likeness (QED) is 0.216. The Balaban J connectivity index is 0.00000103. The van der Waals surface area contributed by atoms with Crippen molar-refractivity contribution in [2.24, 2.45) is 0 Å². The number of unbranched alkanes of at least 4 members (excludes halogenated alkanes) is 1. The number of methoxy groups -OCH3 is 1. The lowest BCUT2D eigenvalue weighted by molar-refractivity contribution is -0.385. The topological polar surface area (TPSA) is 99.0 Å². The lowest BCUT2D eigenvalue weighted by atomic mass is 10.1. The molecule has 1 amide bonds. The van der Waals surface area contributed by atoms with Gasteiger partial charge in [-0.05, 0) is 19.3 Å². The summed E-state index contributed by atoms with van der Waals surface area (Å²) in [7, 11) is 1.40. The SMILES string of the molecule is CCCC.COc1cc(C(=O)N2CCC[C@H]2C=O)c([N+](=O)[O-])cc1OCCC(C)Br. The Morgan fingerprint density at radius 1 is 1.37 bits per heavy atom. The molecule has 1 aliphatic rings. The van der Waals surface area contributed by atoms with Crippen LogP contribution in [0.1, 0.15) is 63.2 Å². The van der Waals surface area contributed by atoms with E-state index in [1.54, 1.807) is 0 Å². The van der Waals surface area contributed by atoms with Crippen molar-refractivity contribution >= 4 is 33.8 Å². The van der Waals surface area contributed by atoms with Crippen molar-refractivity contribution in [3.05, 3.63) is 27.8 Å². The molecular formula is C21H31BrN2O6. The van der Waals surface area contributed by atoms with Crippen molar-refractivity contribution in [3.8, 4) is 11.5 Å². The number of likely N-dealkylation sites (tertiary alicyclic amines) is 1. The van der Waals surface area contributed by atoms with E-state index >= 15 is 0 Å². The first kappa shape index (κ1) is 25.9. The summed E-state index contributed by atoms with van der Waals surface area (Å²) in [5.41, 5.74) is -0.476. The number of amides is 1. The average molecular weight is 487 g/mol. The highest BCUT2D eigenvalue weighted by molar-refractivity contribution is 9.09. The standard InChI is InChI=1S/C17H21BrN2O6.C4H10/c1-11(18)5-7-26-16-9-14(20(23)24)13(8-15(16)25-2)17(22)19-6-3-4-12(19)10-21;1-3-4-2/h8-12H,3-7H2,1-2H3;3-4H2,1-2H3/t11?,12-;/m0./s1. The molecule has 1 saturated heterocycles. The second-order valence-corrected chi connectivity index (χ2v) is 8.60. The number of alkyl halides is 1. The fourth-order valence-corrected chi connectivity index (χ4v) is 3.00. The van der Waals surface area contributed by atoms with Gasteiger partial charge in [-0.1, -0.05) is 49.5 Å². The van der Waals surface area contributed by atoms with Crippen LogP contribution in [0, 0.1) is 10.1 Å². The van der Waals surface area contributed by atoms with E-state index in [1.165, 1.54) is 37.0 Å². The van der Waals surface area contributed by atoms with Gasteiger partial charge in [0.2, 0.25) is 0 Å². The van der Waals surface area contributed by atoms with Crippen LogP contribution in [-0.2, 0) is 4.79 Å². The number of benzene rings is 1. The summed E-state index contributed by atoms with van der Waals surface area (Å²) in [5.74, 6) is -0.106. The number of hydrogen-bond donors (Lipinski definition) is 0. The number of ether oxygens (including phenoxy) is 2. The zero-order valence-corrected chi connectivity index (χ0v) is 19.6. The minimum Gasteiger partial charge on any atom is -0.493 e. The third-order valence-corrected chi connectivity index (χ3v) is 5.16. The van der Waals surface area contributed by atoms with E-state index in [4.69, 9.17) is 9.47 Å². The Morgan fingerprint density at radius 3 is 2.53 bits per heavy atom. The van der Waals surface area contributed by atoms with Crippen molar-refractivity contribution < 1.29 is 24.0 Å². The minimum atomic E-state index is -0.626. The smallest absolute Gasteiger partial charge is 0.286 e. The van der Waals surface area contributed by atoms with Crippen LogP contribution < -0.4 is 9.47 Å². The molecule has 0 aromatic heterocycles. The molecule has 1 heterocycles. The summed E-state index contributed by atoms with van der Waals surface area (Å²) >= 11 is 3.40. The van der Waals surface area contributed by atoms with Gasteiger partial charge in [-0.2, -0.15) is 0 Å². The number of hydrogen-bond acceptors (Lipinski definition) is 6. The fraction of sp³-hybridized carbons (Fsp3) is 0.619. The maximum absolute atomic E-state index is 12.8. The van der Waals surface area contributed by atoms with Crippen molar-refractivity contribution in [1.29, 1.82) is 0 Å². The van der Waals surface area contributed by atoms with E-state index in [1.807, 2.05) is 6.92 Å². The molecule has 2 atom stereocenters. The Labute approximate surface area is 186 Å². The van der Waals surface area contributed by atoms with Gasteiger partial charge in [-0.25, -0.2) is 0 Å². The third-order valence-electron chi connectivity index (χ3n) is 4.70. The largest absolute Gasteiger partial charge is 0.493 e. The summed E-state index contributed by atoms with van der Waals surface area (Å²) in [6.07, 6.45) is 5.29. The number of nitrogens with zero attached hydrogens (tertiary/aromatic N) is 2. The molecule has 0 radical (unpaired) electrons. The Hall–Kier alpha value is -2.16. The summed E-state index contributed by atoms with van der Waals surface area (Å²) in [6.45, 7) is 7.06. The second kappa shape index (κ2) is 13.2. The Kier molecular flexibility index (Phi) is 11.4. The second-order valence-electron chi connectivity index (χ2n) is 7.04. The van der Waals surface area contributed by atoms with Crippen molar-refractivity contribution in [2.75, 3.05) is 20.3 Å². The van der Waals surface area contributed by atoms with Crippen LogP contribution in [0.4, 0.5) is 5.69 Å². The van der Waals surface area contributed by atoms with Crippen molar-refractivity contribution in [3.63, 3.8) is 0 Å². The normalized spacial score (nSPS) is 16.3. The Bertz CT molecular complexity index is 724. The Morgan fingerprint density at radius 2 is 2.03 bits per heavy atom. The summed E-state index contributed by atoms with van der Waals surface area (Å²) in [5, 5.41) is 11.5. The van der Waals surface area contributed by atoms with Gasteiger partial charge in [-0.3, -0.25) is 14.9 Å². The van der Waals surface area contributed by atoms with Gasteiger partial charge in [0.1, 0.15) is 11.8 Å². The zero-order chi connectivity index (χ0) is 22.7. The van der Waals surface area contributed by atoms with Crippen LogP contribution in [0.15, 0.2) is 12.1 Å². The first-order valence-corrected chi connectivity index (χ1v) is 11.1. The van der Waals surface area contributed by atoms with Crippen molar-refractivity contribution in [2.45, 2.75) is 63.7 Å². The summed E-state index contributed by atoms with van der Waals surface area (Å²) in [6, 6.07) is 1.97. The molecule has 0 aliphatic carbocycles. The van der Waals surface area contributed by atoms with Crippen molar-refractivity contribution in [1.82, 2.24) is 4.90 Å². The van der Waals surface area contributed by atoms with E-state index in [0.29, 0.717) is 38.7 Å². The van der Waals surface area contributed by atoms with E-state index < -0.39 is 16.9 Å². The first-order chi connectivity index (χ1) is 14.3. The molecule has 1 aromatic carbocycles. The van der Waals surface area contributed by atoms with Crippen LogP contribution in [0.3, 0.4) is 0 Å².